The predicted octanol–water partition coefficient (Wildman–Crippen LogP) is 4.20. The van der Waals surface area contributed by atoms with E-state index in [1.807, 2.05) is 11.8 Å². The zero-order valence-electron chi connectivity index (χ0n) is 24.9. The maximum Gasteiger partial charge on any atom is 0.407 e. The van der Waals surface area contributed by atoms with Crippen molar-refractivity contribution < 1.29 is 31.9 Å². The van der Waals surface area contributed by atoms with Crippen LogP contribution >= 0.6 is 0 Å². The summed E-state index contributed by atoms with van der Waals surface area (Å²) in [5, 5.41) is 9.17. The molecule has 1 atom stereocenters. The molecule has 4 rings (SSSR count). The predicted molar refractivity (Wildman–Crippen MR) is 157 cm³/mol. The van der Waals surface area contributed by atoms with Crippen molar-refractivity contribution in [1.82, 2.24) is 19.0 Å². The number of halogens is 2. The van der Waals surface area contributed by atoms with E-state index in [1.54, 1.807) is 0 Å². The number of piperidine rings is 3. The van der Waals surface area contributed by atoms with Crippen LogP contribution in [0, 0.1) is 23.5 Å². The number of carboxylic acid groups (broad SMARTS) is 1. The van der Waals surface area contributed by atoms with E-state index < -0.39 is 27.8 Å². The fourth-order valence-electron chi connectivity index (χ4n) is 7.18. The fourth-order valence-corrected chi connectivity index (χ4v) is 8.05. The Morgan fingerprint density at radius 2 is 1.55 bits per heavy atom. The second-order valence-electron chi connectivity index (χ2n) is 12.3. The smallest absolute Gasteiger partial charge is 0.407 e. The number of hydrogen-bond acceptors (Lipinski definition) is 5. The van der Waals surface area contributed by atoms with Crippen molar-refractivity contribution in [3.05, 3.63) is 35.4 Å². The second-order valence-corrected chi connectivity index (χ2v) is 14.2. The highest BCUT2D eigenvalue weighted by Gasteiger charge is 2.33. The molecule has 3 saturated heterocycles. The van der Waals surface area contributed by atoms with Crippen molar-refractivity contribution in [2.24, 2.45) is 11.8 Å². The highest BCUT2D eigenvalue weighted by Crippen LogP contribution is 2.37. The van der Waals surface area contributed by atoms with Crippen molar-refractivity contribution in [3.63, 3.8) is 0 Å². The summed E-state index contributed by atoms with van der Waals surface area (Å²) < 4.78 is 53.9. The number of sulfonamides is 1. The highest BCUT2D eigenvalue weighted by molar-refractivity contribution is 7.88. The molecular weight excluding hydrogens is 566 g/mol. The molecule has 9 nitrogen and oxygen atoms in total. The highest BCUT2D eigenvalue weighted by atomic mass is 32.2. The lowest BCUT2D eigenvalue weighted by atomic mass is 9.78. The summed E-state index contributed by atoms with van der Waals surface area (Å²) in [6.45, 7) is 6.90. The minimum Gasteiger partial charge on any atom is -0.465 e. The van der Waals surface area contributed by atoms with Gasteiger partial charge in [0.2, 0.25) is 15.9 Å². The minimum absolute atomic E-state index is 0.0732. The quantitative estimate of drug-likeness (QED) is 0.425. The van der Waals surface area contributed by atoms with Crippen molar-refractivity contribution in [1.29, 1.82) is 0 Å². The van der Waals surface area contributed by atoms with Crippen LogP contribution in [0.25, 0.3) is 0 Å². The first-order chi connectivity index (χ1) is 19.9. The molecule has 3 aliphatic heterocycles. The zero-order valence-corrected chi connectivity index (χ0v) is 25.7. The van der Waals surface area contributed by atoms with Gasteiger partial charge in [0.05, 0.1) is 6.26 Å². The zero-order chi connectivity index (χ0) is 30.4. The van der Waals surface area contributed by atoms with E-state index in [1.165, 1.54) is 27.6 Å². The van der Waals surface area contributed by atoms with Crippen LogP contribution in [0.4, 0.5) is 13.6 Å². The minimum atomic E-state index is -3.26. The Balaban J connectivity index is 1.30. The van der Waals surface area contributed by atoms with Crippen LogP contribution in [0.2, 0.25) is 0 Å². The van der Waals surface area contributed by atoms with E-state index in [0.717, 1.165) is 57.8 Å². The Morgan fingerprint density at radius 3 is 2.07 bits per heavy atom. The Labute approximate surface area is 248 Å². The standard InChI is InChI=1S/C30H46F2N4O5S/c1-3-36(29(37)18-22-4-14-34(15-5-22)30(38)39)27-8-11-33(12-9-27)13-10-28(24-19-25(31)21-26(32)20-24)23-6-16-35(17-7-23)42(2,40)41/h19-23,27-28H,3-18H2,1-2H3,(H,38,39)/t28-/m1/s1. The van der Waals surface area contributed by atoms with Gasteiger partial charge in [0, 0.05) is 64.3 Å². The molecule has 0 aromatic heterocycles. The first-order valence-electron chi connectivity index (χ1n) is 15.3. The molecular formula is C30H46F2N4O5S. The average Bonchev–Trinajstić information content (AvgIpc) is 2.94. The molecule has 3 aliphatic rings. The van der Waals surface area contributed by atoms with E-state index in [2.05, 4.69) is 4.90 Å². The third-order valence-corrected chi connectivity index (χ3v) is 10.9. The number of nitrogens with zero attached hydrogens (tertiary/aromatic N) is 4. The third-order valence-electron chi connectivity index (χ3n) is 9.61. The van der Waals surface area contributed by atoms with Gasteiger partial charge in [-0.05, 0) is 93.9 Å². The van der Waals surface area contributed by atoms with Gasteiger partial charge >= 0.3 is 6.09 Å². The SMILES string of the molecule is CCN(C(=O)CC1CCN(C(=O)O)CC1)C1CCN(CC[C@@H](c2cc(F)cc(F)c2)C2CCN(S(C)(=O)=O)CC2)CC1. The molecule has 3 heterocycles. The lowest BCUT2D eigenvalue weighted by Gasteiger charge is -2.40. The van der Waals surface area contributed by atoms with Gasteiger partial charge in [-0.1, -0.05) is 0 Å². The molecule has 12 heteroatoms. The molecule has 0 bridgehead atoms. The average molecular weight is 613 g/mol. The number of hydrogen-bond donors (Lipinski definition) is 1. The first-order valence-corrected chi connectivity index (χ1v) is 17.2. The van der Waals surface area contributed by atoms with Gasteiger partial charge < -0.3 is 19.8 Å². The lowest BCUT2D eigenvalue weighted by Crippen LogP contribution is -2.48. The van der Waals surface area contributed by atoms with E-state index in [0.29, 0.717) is 57.5 Å². The van der Waals surface area contributed by atoms with Gasteiger partial charge in [-0.3, -0.25) is 4.79 Å². The second kappa shape index (κ2) is 14.4. The maximum atomic E-state index is 14.2. The number of amides is 2. The van der Waals surface area contributed by atoms with Gasteiger partial charge in [0.25, 0.3) is 0 Å². The summed E-state index contributed by atoms with van der Waals surface area (Å²) in [4.78, 5) is 30.2. The van der Waals surface area contributed by atoms with Crippen LogP contribution < -0.4 is 0 Å². The van der Waals surface area contributed by atoms with Crippen LogP contribution in [0.1, 0.15) is 69.8 Å². The molecule has 0 unspecified atom stereocenters. The van der Waals surface area contributed by atoms with Crippen LogP contribution in [0.3, 0.4) is 0 Å². The molecule has 1 N–H and O–H groups in total. The van der Waals surface area contributed by atoms with E-state index in [-0.39, 0.29) is 29.7 Å². The topological polar surface area (TPSA) is 101 Å². The fraction of sp³-hybridized carbons (Fsp3) is 0.733. The Kier molecular flexibility index (Phi) is 11.2. The summed E-state index contributed by atoms with van der Waals surface area (Å²) in [7, 11) is -3.26. The summed E-state index contributed by atoms with van der Waals surface area (Å²) in [5.41, 5.74) is 0.636. The number of carbonyl (C=O) groups is 2. The van der Waals surface area contributed by atoms with Crippen molar-refractivity contribution >= 4 is 22.0 Å². The third kappa shape index (κ3) is 8.63. The van der Waals surface area contributed by atoms with Crippen LogP contribution in [0.5, 0.6) is 0 Å². The number of rotatable bonds is 10. The Bertz CT molecular complexity index is 1160. The molecule has 42 heavy (non-hydrogen) atoms. The number of likely N-dealkylation sites (tertiary alicyclic amines) is 2. The van der Waals surface area contributed by atoms with Gasteiger partial charge in [-0.2, -0.15) is 0 Å². The normalized spacial score (nSPS) is 21.4. The Morgan fingerprint density at radius 1 is 0.952 bits per heavy atom. The number of carbonyl (C=O) groups excluding carboxylic acids is 1. The van der Waals surface area contributed by atoms with Gasteiger partial charge in [-0.15, -0.1) is 0 Å². The van der Waals surface area contributed by atoms with Gasteiger partial charge in [0.1, 0.15) is 11.6 Å². The van der Waals surface area contributed by atoms with E-state index in [4.69, 9.17) is 0 Å². The molecule has 0 spiro atoms. The molecule has 0 aliphatic carbocycles. The summed E-state index contributed by atoms with van der Waals surface area (Å²) in [5.74, 6) is -0.759. The monoisotopic (exact) mass is 612 g/mol. The lowest BCUT2D eigenvalue weighted by molar-refractivity contribution is -0.135. The summed E-state index contributed by atoms with van der Waals surface area (Å²) >= 11 is 0. The van der Waals surface area contributed by atoms with Crippen LogP contribution in [0.15, 0.2) is 18.2 Å². The maximum absolute atomic E-state index is 14.2. The number of benzene rings is 1. The van der Waals surface area contributed by atoms with Crippen molar-refractivity contribution in [2.45, 2.75) is 70.3 Å². The molecule has 236 valence electrons. The van der Waals surface area contributed by atoms with Gasteiger partial charge in [0.15, 0.2) is 0 Å². The van der Waals surface area contributed by atoms with Crippen molar-refractivity contribution in [2.75, 3.05) is 58.6 Å². The van der Waals surface area contributed by atoms with E-state index >= 15 is 0 Å². The summed E-state index contributed by atoms with van der Waals surface area (Å²) in [6.07, 6.45) is 5.99. The molecule has 3 fully saturated rings. The Hall–Kier alpha value is -2.31. The van der Waals surface area contributed by atoms with Gasteiger partial charge in [-0.25, -0.2) is 26.3 Å². The van der Waals surface area contributed by atoms with Crippen LogP contribution in [-0.2, 0) is 14.8 Å². The molecule has 2 amide bonds. The van der Waals surface area contributed by atoms with Crippen molar-refractivity contribution in [3.8, 4) is 0 Å². The molecule has 0 radical (unpaired) electrons. The molecule has 0 saturated carbocycles. The summed E-state index contributed by atoms with van der Waals surface area (Å²) in [6, 6.07) is 3.89. The molecule has 1 aromatic carbocycles. The largest absolute Gasteiger partial charge is 0.465 e. The molecule has 1 aromatic rings. The first kappa shape index (κ1) is 32.6. The van der Waals surface area contributed by atoms with Crippen LogP contribution in [-0.4, -0.2) is 109 Å². The van der Waals surface area contributed by atoms with E-state index in [9.17, 15) is 31.9 Å².